The molecular weight excluding hydrogens is 322 g/mol. The number of anilines is 1. The molecule has 1 aliphatic rings. The van der Waals surface area contributed by atoms with Crippen molar-refractivity contribution in [2.24, 2.45) is 5.41 Å². The fourth-order valence-electron chi connectivity index (χ4n) is 2.60. The van der Waals surface area contributed by atoms with Crippen LogP contribution in [0, 0.1) is 5.41 Å². The first-order valence-corrected chi connectivity index (χ1v) is 7.93. The molecule has 1 saturated heterocycles. The minimum Gasteiger partial charge on any atom is -0.405 e. The first-order valence-electron chi connectivity index (χ1n) is 7.55. The summed E-state index contributed by atoms with van der Waals surface area (Å²) in [4.78, 5) is 24.5. The minimum atomic E-state index is -1.24. The van der Waals surface area contributed by atoms with Crippen molar-refractivity contribution in [3.8, 4) is 0 Å². The fourth-order valence-corrected chi connectivity index (χ4v) is 2.87. The molecule has 0 bridgehead atoms. The van der Waals surface area contributed by atoms with E-state index in [0.717, 1.165) is 0 Å². The van der Waals surface area contributed by atoms with Gasteiger partial charge in [0.1, 0.15) is 0 Å². The zero-order valence-corrected chi connectivity index (χ0v) is 13.9. The number of carbonyl (C=O) groups is 2. The Morgan fingerprint density at radius 1 is 1.22 bits per heavy atom. The molecule has 1 aromatic carbocycles. The summed E-state index contributed by atoms with van der Waals surface area (Å²) in [5, 5.41) is 12.4. The van der Waals surface area contributed by atoms with Gasteiger partial charge in [0.25, 0.3) is 0 Å². The molecule has 0 unspecified atom stereocenters. The molecule has 1 heterocycles. The summed E-state index contributed by atoms with van der Waals surface area (Å²) < 4.78 is 10.5. The number of aliphatic hydroxyl groups is 1. The number of hydrogen-bond acceptors (Lipinski definition) is 6. The number of cyclic esters (lactones) is 2. The van der Waals surface area contributed by atoms with Gasteiger partial charge in [0.05, 0.1) is 0 Å². The van der Waals surface area contributed by atoms with Crippen LogP contribution >= 0.6 is 11.6 Å². The van der Waals surface area contributed by atoms with E-state index in [2.05, 4.69) is 5.32 Å². The zero-order valence-electron chi connectivity index (χ0n) is 13.1. The molecule has 0 amide bonds. The number of nitrogens with one attached hydrogen (secondary N) is 1. The van der Waals surface area contributed by atoms with E-state index in [1.165, 1.54) is 0 Å². The number of esters is 2. The Bertz CT molecular complexity index is 580. The van der Waals surface area contributed by atoms with E-state index in [1.807, 2.05) is 0 Å². The van der Waals surface area contributed by atoms with Gasteiger partial charge in [0.15, 0.2) is 5.41 Å². The van der Waals surface area contributed by atoms with E-state index in [-0.39, 0.29) is 6.61 Å². The second-order valence-electron chi connectivity index (χ2n) is 5.32. The molecular formula is C16H20ClNO5. The number of halogens is 1. The second-order valence-corrected chi connectivity index (χ2v) is 5.72. The van der Waals surface area contributed by atoms with Crippen molar-refractivity contribution in [1.29, 1.82) is 0 Å². The molecule has 1 aliphatic heterocycles. The minimum absolute atomic E-state index is 0.0859. The summed E-state index contributed by atoms with van der Waals surface area (Å²) >= 11 is 6.11. The van der Waals surface area contributed by atoms with Crippen LogP contribution < -0.4 is 5.32 Å². The summed E-state index contributed by atoms with van der Waals surface area (Å²) in [6.45, 7) is 3.41. The lowest BCUT2D eigenvalue weighted by molar-refractivity contribution is -0.219. The van der Waals surface area contributed by atoms with Gasteiger partial charge in [-0.15, -0.1) is 0 Å². The Balaban J connectivity index is 2.19. The van der Waals surface area contributed by atoms with Crippen LogP contribution in [0.4, 0.5) is 5.69 Å². The summed E-state index contributed by atoms with van der Waals surface area (Å²) in [6, 6.07) is 5.11. The third kappa shape index (κ3) is 3.28. The van der Waals surface area contributed by atoms with Crippen LogP contribution in [0.3, 0.4) is 0 Å². The summed E-state index contributed by atoms with van der Waals surface area (Å²) in [5.74, 6) is -1.19. The van der Waals surface area contributed by atoms with Crippen LogP contribution in [-0.4, -0.2) is 30.1 Å². The average molecular weight is 342 g/mol. The van der Waals surface area contributed by atoms with E-state index in [1.54, 1.807) is 32.0 Å². The largest absolute Gasteiger partial charge is 0.405 e. The lowest BCUT2D eigenvalue weighted by Crippen LogP contribution is -2.51. The highest BCUT2D eigenvalue weighted by atomic mass is 35.5. The van der Waals surface area contributed by atoms with E-state index in [4.69, 9.17) is 26.2 Å². The molecule has 0 aromatic heterocycles. The Morgan fingerprint density at radius 2 is 1.83 bits per heavy atom. The van der Waals surface area contributed by atoms with Crippen LogP contribution in [0.25, 0.3) is 0 Å². The number of aliphatic hydroxyl groups excluding tert-OH is 1. The van der Waals surface area contributed by atoms with E-state index < -0.39 is 23.8 Å². The molecule has 0 saturated carbocycles. The molecule has 0 atom stereocenters. The van der Waals surface area contributed by atoms with Crippen molar-refractivity contribution in [2.45, 2.75) is 39.5 Å². The summed E-state index contributed by atoms with van der Waals surface area (Å²) in [5.41, 5.74) is -0.0373. The van der Waals surface area contributed by atoms with E-state index in [9.17, 15) is 9.59 Å². The summed E-state index contributed by atoms with van der Waals surface area (Å²) in [6.07, 6.45) is -0.247. The van der Waals surface area contributed by atoms with Gasteiger partial charge in [-0.1, -0.05) is 31.5 Å². The number of hydrogen-bond donors (Lipinski definition) is 2. The maximum absolute atomic E-state index is 12.2. The first kappa shape index (κ1) is 17.6. The molecule has 23 heavy (non-hydrogen) atoms. The van der Waals surface area contributed by atoms with Gasteiger partial charge in [-0.25, -0.2) is 0 Å². The molecule has 0 spiro atoms. The SMILES string of the molecule is CCC1(CC)C(=O)OC(Nc2cccc(Cl)c2CCO)OC1=O. The lowest BCUT2D eigenvalue weighted by atomic mass is 9.82. The van der Waals surface area contributed by atoms with Crippen molar-refractivity contribution < 1.29 is 24.2 Å². The van der Waals surface area contributed by atoms with Crippen molar-refractivity contribution in [3.63, 3.8) is 0 Å². The molecule has 2 N–H and O–H groups in total. The quantitative estimate of drug-likeness (QED) is 0.611. The van der Waals surface area contributed by atoms with E-state index >= 15 is 0 Å². The van der Waals surface area contributed by atoms with Gasteiger partial charge >= 0.3 is 18.4 Å². The Hall–Kier alpha value is -1.79. The van der Waals surface area contributed by atoms with Gasteiger partial charge < -0.3 is 19.9 Å². The molecule has 0 aliphatic carbocycles. The normalized spacial score (nSPS) is 17.6. The number of carbonyl (C=O) groups excluding carboxylic acids is 2. The average Bonchev–Trinajstić information content (AvgIpc) is 2.51. The highest BCUT2D eigenvalue weighted by molar-refractivity contribution is 6.31. The molecule has 6 nitrogen and oxygen atoms in total. The monoisotopic (exact) mass is 341 g/mol. The van der Waals surface area contributed by atoms with Crippen molar-refractivity contribution in [3.05, 3.63) is 28.8 Å². The maximum atomic E-state index is 12.2. The van der Waals surface area contributed by atoms with Crippen LogP contribution in [0.1, 0.15) is 32.3 Å². The smallest absolute Gasteiger partial charge is 0.329 e. The molecule has 1 aromatic rings. The molecule has 1 fully saturated rings. The topological polar surface area (TPSA) is 84.9 Å². The third-order valence-electron chi connectivity index (χ3n) is 4.17. The predicted octanol–water partition coefficient (Wildman–Crippen LogP) is 2.48. The Morgan fingerprint density at radius 3 is 2.35 bits per heavy atom. The van der Waals surface area contributed by atoms with Crippen LogP contribution in [0.15, 0.2) is 18.2 Å². The highest BCUT2D eigenvalue weighted by Gasteiger charge is 2.51. The van der Waals surface area contributed by atoms with Gasteiger partial charge in [0, 0.05) is 17.3 Å². The molecule has 2 rings (SSSR count). The molecule has 7 heteroatoms. The van der Waals surface area contributed by atoms with Gasteiger partial charge in [-0.05, 0) is 37.0 Å². The predicted molar refractivity (Wildman–Crippen MR) is 84.9 cm³/mol. The standard InChI is InChI=1S/C16H20ClNO5/c1-3-16(4-2)13(20)22-15(23-14(16)21)18-12-7-5-6-11(17)10(12)8-9-19/h5-7,15,18-19H,3-4,8-9H2,1-2H3. The first-order chi connectivity index (χ1) is 11.0. The summed E-state index contributed by atoms with van der Waals surface area (Å²) in [7, 11) is 0. The molecule has 0 radical (unpaired) electrons. The maximum Gasteiger partial charge on any atom is 0.329 e. The van der Waals surface area contributed by atoms with E-state index in [0.29, 0.717) is 35.5 Å². The Labute approximate surface area is 139 Å². The van der Waals surface area contributed by atoms with Crippen molar-refractivity contribution >= 4 is 29.2 Å². The van der Waals surface area contributed by atoms with Gasteiger partial charge in [-0.2, -0.15) is 0 Å². The zero-order chi connectivity index (χ0) is 17.0. The van der Waals surface area contributed by atoms with Crippen molar-refractivity contribution in [1.82, 2.24) is 0 Å². The number of benzene rings is 1. The highest BCUT2D eigenvalue weighted by Crippen LogP contribution is 2.35. The molecule has 126 valence electrons. The van der Waals surface area contributed by atoms with Crippen molar-refractivity contribution in [2.75, 3.05) is 11.9 Å². The van der Waals surface area contributed by atoms with Crippen LogP contribution in [0.5, 0.6) is 0 Å². The van der Waals surface area contributed by atoms with Gasteiger partial charge in [-0.3, -0.25) is 9.59 Å². The number of ether oxygens (including phenoxy) is 2. The Kier molecular flexibility index (Phi) is 5.49. The second kappa shape index (κ2) is 7.19. The van der Waals surface area contributed by atoms with Gasteiger partial charge in [0.2, 0.25) is 0 Å². The third-order valence-corrected chi connectivity index (χ3v) is 4.52. The lowest BCUT2D eigenvalue weighted by Gasteiger charge is -2.35. The van der Waals surface area contributed by atoms with Crippen LogP contribution in [0.2, 0.25) is 5.02 Å². The fraction of sp³-hybridized carbons (Fsp3) is 0.500. The number of rotatable bonds is 6. The van der Waals surface area contributed by atoms with Crippen LogP contribution in [-0.2, 0) is 25.5 Å².